The van der Waals surface area contributed by atoms with Gasteiger partial charge in [-0.05, 0) is 31.5 Å². The average molecular weight is 343 g/mol. The van der Waals surface area contributed by atoms with Crippen LogP contribution in [0.25, 0.3) is 0 Å². The molecule has 2 N–H and O–H groups in total. The second-order valence-corrected chi connectivity index (χ2v) is 7.81. The zero-order valence-corrected chi connectivity index (χ0v) is 14.2. The number of halogens is 1. The fourth-order valence-electron chi connectivity index (χ4n) is 2.84. The maximum atomic E-state index is 6.29. The fraction of sp³-hybridized carbons (Fsp3) is 0.600. The van der Waals surface area contributed by atoms with Crippen molar-refractivity contribution in [1.29, 1.82) is 0 Å². The first-order valence-corrected chi connectivity index (χ1v) is 8.73. The quantitative estimate of drug-likeness (QED) is 0.908. The van der Waals surface area contributed by atoms with Gasteiger partial charge in [-0.15, -0.1) is 0 Å². The largest absolute Gasteiger partial charge is 0.326 e. The van der Waals surface area contributed by atoms with Crippen LogP contribution in [0.2, 0.25) is 0 Å². The van der Waals surface area contributed by atoms with E-state index >= 15 is 0 Å². The van der Waals surface area contributed by atoms with Gasteiger partial charge in [0.25, 0.3) is 0 Å². The molecule has 1 fully saturated rings. The number of thioether (sulfide) groups is 1. The Morgan fingerprint density at radius 3 is 2.79 bits per heavy atom. The fourth-order valence-corrected chi connectivity index (χ4v) is 4.38. The van der Waals surface area contributed by atoms with E-state index in [0.29, 0.717) is 17.3 Å². The smallest absolute Gasteiger partial charge is 0.0500 e. The number of rotatable bonds is 3. The highest BCUT2D eigenvalue weighted by Crippen LogP contribution is 2.34. The van der Waals surface area contributed by atoms with Gasteiger partial charge >= 0.3 is 0 Å². The zero-order chi connectivity index (χ0) is 14.0. The topological polar surface area (TPSA) is 29.3 Å². The maximum Gasteiger partial charge on any atom is 0.0500 e. The van der Waals surface area contributed by atoms with E-state index in [0.717, 1.165) is 11.0 Å². The third kappa shape index (κ3) is 3.54. The number of benzene rings is 1. The highest BCUT2D eigenvalue weighted by Gasteiger charge is 2.33. The van der Waals surface area contributed by atoms with E-state index in [2.05, 4.69) is 77.6 Å². The third-order valence-corrected chi connectivity index (χ3v) is 5.81. The van der Waals surface area contributed by atoms with E-state index < -0.39 is 0 Å². The SMILES string of the molecule is CC(N)C(c1cccc(Br)c1)N1CCSC(C)C1C. The van der Waals surface area contributed by atoms with Crippen molar-refractivity contribution in [3.63, 3.8) is 0 Å². The molecule has 0 spiro atoms. The molecule has 0 saturated carbocycles. The number of hydrogen-bond acceptors (Lipinski definition) is 3. The Morgan fingerprint density at radius 2 is 2.16 bits per heavy atom. The molecule has 4 unspecified atom stereocenters. The van der Waals surface area contributed by atoms with E-state index in [4.69, 9.17) is 5.73 Å². The summed E-state index contributed by atoms with van der Waals surface area (Å²) in [7, 11) is 0. The summed E-state index contributed by atoms with van der Waals surface area (Å²) in [4.78, 5) is 2.58. The number of nitrogens with zero attached hydrogens (tertiary/aromatic N) is 1. The monoisotopic (exact) mass is 342 g/mol. The summed E-state index contributed by atoms with van der Waals surface area (Å²) in [6, 6.07) is 9.56. The molecule has 0 aromatic heterocycles. The average Bonchev–Trinajstić information content (AvgIpc) is 2.34. The van der Waals surface area contributed by atoms with Gasteiger partial charge in [0.15, 0.2) is 0 Å². The van der Waals surface area contributed by atoms with Gasteiger partial charge in [-0.1, -0.05) is 35.0 Å². The second-order valence-electron chi connectivity index (χ2n) is 5.41. The van der Waals surface area contributed by atoms with Gasteiger partial charge in [0.1, 0.15) is 0 Å². The molecular formula is C15H23BrN2S. The summed E-state index contributed by atoms with van der Waals surface area (Å²) in [6.07, 6.45) is 0. The molecule has 19 heavy (non-hydrogen) atoms. The van der Waals surface area contributed by atoms with Gasteiger partial charge in [0.2, 0.25) is 0 Å². The number of hydrogen-bond donors (Lipinski definition) is 1. The Labute approximate surface area is 129 Å². The highest BCUT2D eigenvalue weighted by atomic mass is 79.9. The van der Waals surface area contributed by atoms with Crippen molar-refractivity contribution in [2.45, 2.75) is 44.1 Å². The van der Waals surface area contributed by atoms with E-state index in [-0.39, 0.29) is 6.04 Å². The predicted molar refractivity (Wildman–Crippen MR) is 88.6 cm³/mol. The van der Waals surface area contributed by atoms with Crippen LogP contribution in [-0.4, -0.2) is 34.5 Å². The van der Waals surface area contributed by atoms with Gasteiger partial charge in [-0.3, -0.25) is 4.90 Å². The Balaban J connectivity index is 2.29. The van der Waals surface area contributed by atoms with Crippen LogP contribution in [-0.2, 0) is 0 Å². The van der Waals surface area contributed by atoms with Crippen molar-refractivity contribution < 1.29 is 0 Å². The summed E-state index contributed by atoms with van der Waals surface area (Å²) < 4.78 is 1.13. The standard InChI is InChI=1S/C15H23BrN2S/c1-10(17)15(13-5-4-6-14(16)9-13)18-7-8-19-12(3)11(18)2/h4-6,9-12,15H,7-8,17H2,1-3H3. The van der Waals surface area contributed by atoms with E-state index in [1.165, 1.54) is 11.3 Å². The molecule has 0 amide bonds. The molecule has 4 heteroatoms. The van der Waals surface area contributed by atoms with Crippen LogP contribution in [0.5, 0.6) is 0 Å². The molecule has 1 aromatic carbocycles. The van der Waals surface area contributed by atoms with Gasteiger partial charge in [-0.2, -0.15) is 11.8 Å². The molecule has 1 aliphatic rings. The molecule has 106 valence electrons. The molecule has 1 aromatic rings. The lowest BCUT2D eigenvalue weighted by molar-refractivity contribution is 0.130. The normalized spacial score (nSPS) is 28.1. The van der Waals surface area contributed by atoms with Crippen LogP contribution in [0.15, 0.2) is 28.7 Å². The van der Waals surface area contributed by atoms with E-state index in [1.54, 1.807) is 0 Å². The first kappa shape index (κ1) is 15.4. The van der Waals surface area contributed by atoms with Crippen molar-refractivity contribution in [3.8, 4) is 0 Å². The number of nitrogens with two attached hydrogens (primary N) is 1. The zero-order valence-electron chi connectivity index (χ0n) is 11.8. The summed E-state index contributed by atoms with van der Waals surface area (Å²) in [5.41, 5.74) is 7.61. The van der Waals surface area contributed by atoms with Crippen LogP contribution < -0.4 is 5.73 Å². The maximum absolute atomic E-state index is 6.29. The molecule has 0 bridgehead atoms. The highest BCUT2D eigenvalue weighted by molar-refractivity contribution is 9.10. The summed E-state index contributed by atoms with van der Waals surface area (Å²) >= 11 is 5.63. The van der Waals surface area contributed by atoms with E-state index in [9.17, 15) is 0 Å². The molecule has 0 radical (unpaired) electrons. The van der Waals surface area contributed by atoms with Gasteiger partial charge in [0, 0.05) is 40.1 Å². The van der Waals surface area contributed by atoms with Crippen LogP contribution in [0.4, 0.5) is 0 Å². The third-order valence-electron chi connectivity index (χ3n) is 3.98. The minimum absolute atomic E-state index is 0.132. The lowest BCUT2D eigenvalue weighted by Crippen LogP contribution is -2.50. The molecule has 2 nitrogen and oxygen atoms in total. The second kappa shape index (κ2) is 6.61. The van der Waals surface area contributed by atoms with Crippen LogP contribution in [0.1, 0.15) is 32.4 Å². The van der Waals surface area contributed by atoms with Gasteiger partial charge in [0.05, 0.1) is 0 Å². The molecule has 2 rings (SSSR count). The van der Waals surface area contributed by atoms with Crippen LogP contribution in [0.3, 0.4) is 0 Å². The van der Waals surface area contributed by atoms with Crippen molar-refractivity contribution in [2.24, 2.45) is 5.73 Å². The molecular weight excluding hydrogens is 320 g/mol. The molecule has 1 saturated heterocycles. The first-order valence-electron chi connectivity index (χ1n) is 6.89. The van der Waals surface area contributed by atoms with E-state index in [1.807, 2.05) is 0 Å². The van der Waals surface area contributed by atoms with Crippen molar-refractivity contribution in [3.05, 3.63) is 34.3 Å². The molecule has 1 aliphatic heterocycles. The van der Waals surface area contributed by atoms with Gasteiger partial charge in [-0.25, -0.2) is 0 Å². The van der Waals surface area contributed by atoms with Crippen molar-refractivity contribution in [1.82, 2.24) is 4.90 Å². The summed E-state index contributed by atoms with van der Waals surface area (Å²) in [5, 5.41) is 0.669. The lowest BCUT2D eigenvalue weighted by Gasteiger charge is -2.44. The minimum Gasteiger partial charge on any atom is -0.326 e. The Hall–Kier alpha value is -0.0300. The lowest BCUT2D eigenvalue weighted by atomic mass is 9.97. The first-order chi connectivity index (χ1) is 9.00. The van der Waals surface area contributed by atoms with Crippen LogP contribution in [0, 0.1) is 0 Å². The van der Waals surface area contributed by atoms with Gasteiger partial charge < -0.3 is 5.73 Å². The molecule has 4 atom stereocenters. The Morgan fingerprint density at radius 1 is 1.42 bits per heavy atom. The summed E-state index contributed by atoms with van der Waals surface area (Å²) in [6.45, 7) is 7.88. The molecule has 1 heterocycles. The Bertz CT molecular complexity index is 424. The molecule has 0 aliphatic carbocycles. The predicted octanol–water partition coefficient (Wildman–Crippen LogP) is 3.66. The minimum atomic E-state index is 0.132. The van der Waals surface area contributed by atoms with Crippen molar-refractivity contribution >= 4 is 27.7 Å². The van der Waals surface area contributed by atoms with Crippen molar-refractivity contribution in [2.75, 3.05) is 12.3 Å². The summed E-state index contributed by atoms with van der Waals surface area (Å²) in [5.74, 6) is 1.20. The Kier molecular flexibility index (Phi) is 5.35. The van der Waals surface area contributed by atoms with Crippen LogP contribution >= 0.6 is 27.7 Å².